The van der Waals surface area contributed by atoms with Crippen molar-refractivity contribution in [2.24, 2.45) is 5.92 Å². The Morgan fingerprint density at radius 3 is 2.47 bits per heavy atom. The number of nitrogens with one attached hydrogen (secondary N) is 1. The molecule has 1 saturated carbocycles. The van der Waals surface area contributed by atoms with Crippen molar-refractivity contribution in [3.63, 3.8) is 0 Å². The third-order valence-corrected chi connectivity index (χ3v) is 4.55. The fraction of sp³-hybridized carbons (Fsp3) is 0.562. The van der Waals surface area contributed by atoms with Gasteiger partial charge in [0.05, 0.1) is 6.67 Å². The van der Waals surface area contributed by atoms with Gasteiger partial charge in [-0.3, -0.25) is 10.1 Å². The molecule has 1 aliphatic carbocycles. The van der Waals surface area contributed by atoms with Gasteiger partial charge in [-0.2, -0.15) is 0 Å². The third kappa shape index (κ3) is 2.52. The minimum Gasteiger partial charge on any atom is -0.325 e. The highest BCUT2D eigenvalue weighted by molar-refractivity contribution is 5.85. The van der Waals surface area contributed by atoms with Crippen LogP contribution in [-0.2, 0) is 4.79 Å². The van der Waals surface area contributed by atoms with Gasteiger partial charge in [0.15, 0.2) is 0 Å². The van der Waals surface area contributed by atoms with E-state index in [0.29, 0.717) is 12.7 Å². The number of nitrogens with zero attached hydrogens (tertiary/aromatic N) is 1. The van der Waals surface area contributed by atoms with E-state index in [1.807, 2.05) is 30.3 Å². The van der Waals surface area contributed by atoms with Gasteiger partial charge in [0.25, 0.3) is 0 Å². The number of rotatable bonds is 2. The monoisotopic (exact) mass is 258 g/mol. The molecule has 0 spiro atoms. The first-order valence-corrected chi connectivity index (χ1v) is 7.34. The van der Waals surface area contributed by atoms with Crippen molar-refractivity contribution in [3.8, 4) is 0 Å². The molecule has 3 heteroatoms. The Bertz CT molecular complexity index is 437. The molecule has 0 bridgehead atoms. The lowest BCUT2D eigenvalue weighted by Crippen LogP contribution is -2.39. The zero-order valence-corrected chi connectivity index (χ0v) is 11.5. The minimum atomic E-state index is -0.138. The highest BCUT2D eigenvalue weighted by atomic mass is 16.2. The number of hydrogen-bond acceptors (Lipinski definition) is 2. The molecule has 0 aromatic heterocycles. The van der Waals surface area contributed by atoms with Gasteiger partial charge in [-0.1, -0.05) is 37.3 Å². The SMILES string of the molecule is CC1CCC(N2CNC(c3ccccc3)C2=O)CC1. The summed E-state index contributed by atoms with van der Waals surface area (Å²) in [5.74, 6) is 1.08. The van der Waals surface area contributed by atoms with Crippen molar-refractivity contribution in [3.05, 3.63) is 35.9 Å². The van der Waals surface area contributed by atoms with Crippen molar-refractivity contribution in [1.29, 1.82) is 0 Å². The molecular weight excluding hydrogens is 236 g/mol. The van der Waals surface area contributed by atoms with Crippen LogP contribution in [0.25, 0.3) is 0 Å². The molecule has 1 aromatic rings. The fourth-order valence-corrected chi connectivity index (χ4v) is 3.29. The van der Waals surface area contributed by atoms with Crippen molar-refractivity contribution in [1.82, 2.24) is 10.2 Å². The largest absolute Gasteiger partial charge is 0.325 e. The molecule has 1 unspecified atom stereocenters. The van der Waals surface area contributed by atoms with Crippen molar-refractivity contribution < 1.29 is 4.79 Å². The molecule has 2 aliphatic rings. The summed E-state index contributed by atoms with van der Waals surface area (Å²) in [7, 11) is 0. The van der Waals surface area contributed by atoms with Crippen molar-refractivity contribution in [2.75, 3.05) is 6.67 Å². The van der Waals surface area contributed by atoms with E-state index in [0.717, 1.165) is 24.3 Å². The number of carbonyl (C=O) groups is 1. The Kier molecular flexibility index (Phi) is 3.56. The molecule has 1 aromatic carbocycles. The Morgan fingerprint density at radius 1 is 1.11 bits per heavy atom. The predicted molar refractivity (Wildman–Crippen MR) is 75.5 cm³/mol. The van der Waals surface area contributed by atoms with Crippen molar-refractivity contribution >= 4 is 5.91 Å². The van der Waals surface area contributed by atoms with Crippen LogP contribution in [0.2, 0.25) is 0 Å². The van der Waals surface area contributed by atoms with Gasteiger partial charge in [0.1, 0.15) is 6.04 Å². The van der Waals surface area contributed by atoms with Crippen LogP contribution in [0, 0.1) is 5.92 Å². The predicted octanol–water partition coefficient (Wildman–Crippen LogP) is 2.70. The van der Waals surface area contributed by atoms with Gasteiger partial charge in [0.2, 0.25) is 5.91 Å². The van der Waals surface area contributed by atoms with Crippen LogP contribution >= 0.6 is 0 Å². The van der Waals surface area contributed by atoms with E-state index >= 15 is 0 Å². The lowest BCUT2D eigenvalue weighted by Gasteiger charge is -2.33. The average molecular weight is 258 g/mol. The maximum atomic E-state index is 12.6. The van der Waals surface area contributed by atoms with Crippen LogP contribution in [0.1, 0.15) is 44.2 Å². The lowest BCUT2D eigenvalue weighted by atomic mass is 9.86. The molecule has 1 saturated heterocycles. The van der Waals surface area contributed by atoms with E-state index in [9.17, 15) is 4.79 Å². The first kappa shape index (κ1) is 12.7. The summed E-state index contributed by atoms with van der Waals surface area (Å²) in [4.78, 5) is 14.6. The minimum absolute atomic E-state index is 0.138. The molecule has 102 valence electrons. The van der Waals surface area contributed by atoms with Crippen LogP contribution in [0.15, 0.2) is 30.3 Å². The maximum absolute atomic E-state index is 12.6. The molecule has 19 heavy (non-hydrogen) atoms. The second-order valence-electron chi connectivity index (χ2n) is 5.93. The number of amides is 1. The topological polar surface area (TPSA) is 32.3 Å². The average Bonchev–Trinajstić information content (AvgIpc) is 2.83. The van der Waals surface area contributed by atoms with Crippen LogP contribution < -0.4 is 5.32 Å². The summed E-state index contributed by atoms with van der Waals surface area (Å²) >= 11 is 0. The smallest absolute Gasteiger partial charge is 0.245 e. The van der Waals surface area contributed by atoms with Gasteiger partial charge in [-0.25, -0.2) is 0 Å². The van der Waals surface area contributed by atoms with Gasteiger partial charge in [0, 0.05) is 6.04 Å². The highest BCUT2D eigenvalue weighted by Gasteiger charge is 2.37. The van der Waals surface area contributed by atoms with E-state index in [4.69, 9.17) is 0 Å². The van der Waals surface area contributed by atoms with Gasteiger partial charge in [-0.15, -0.1) is 0 Å². The zero-order valence-electron chi connectivity index (χ0n) is 11.5. The fourth-order valence-electron chi connectivity index (χ4n) is 3.29. The van der Waals surface area contributed by atoms with Crippen LogP contribution in [0.3, 0.4) is 0 Å². The number of benzene rings is 1. The van der Waals surface area contributed by atoms with Crippen LogP contribution in [0.4, 0.5) is 0 Å². The summed E-state index contributed by atoms with van der Waals surface area (Å²) in [5, 5.41) is 3.36. The Hall–Kier alpha value is -1.35. The van der Waals surface area contributed by atoms with E-state index in [2.05, 4.69) is 17.1 Å². The summed E-state index contributed by atoms with van der Waals surface area (Å²) < 4.78 is 0. The summed E-state index contributed by atoms with van der Waals surface area (Å²) in [5.41, 5.74) is 1.08. The van der Waals surface area contributed by atoms with Gasteiger partial charge in [-0.05, 0) is 37.2 Å². The quantitative estimate of drug-likeness (QED) is 0.884. The van der Waals surface area contributed by atoms with E-state index in [-0.39, 0.29) is 11.9 Å². The number of carbonyl (C=O) groups excluding carboxylic acids is 1. The molecule has 1 heterocycles. The Morgan fingerprint density at radius 2 is 1.79 bits per heavy atom. The zero-order chi connectivity index (χ0) is 13.2. The second kappa shape index (κ2) is 5.33. The van der Waals surface area contributed by atoms with Gasteiger partial charge < -0.3 is 4.90 Å². The lowest BCUT2D eigenvalue weighted by molar-refractivity contribution is -0.131. The standard InChI is InChI=1S/C16H22N2O/c1-12-7-9-14(10-8-12)18-11-17-15(16(18)19)13-5-3-2-4-6-13/h2-6,12,14-15,17H,7-11H2,1H3. The molecule has 3 rings (SSSR count). The molecular formula is C16H22N2O. The molecule has 0 radical (unpaired) electrons. The van der Waals surface area contributed by atoms with Crippen LogP contribution in [-0.4, -0.2) is 23.5 Å². The third-order valence-electron chi connectivity index (χ3n) is 4.55. The molecule has 1 amide bonds. The molecule has 1 N–H and O–H groups in total. The maximum Gasteiger partial charge on any atom is 0.245 e. The molecule has 1 aliphatic heterocycles. The second-order valence-corrected chi connectivity index (χ2v) is 5.93. The molecule has 3 nitrogen and oxygen atoms in total. The first-order chi connectivity index (χ1) is 9.25. The van der Waals surface area contributed by atoms with E-state index < -0.39 is 0 Å². The Balaban J connectivity index is 1.69. The van der Waals surface area contributed by atoms with E-state index in [1.165, 1.54) is 12.8 Å². The first-order valence-electron chi connectivity index (χ1n) is 7.34. The summed E-state index contributed by atoms with van der Waals surface area (Å²) in [6.07, 6.45) is 4.83. The molecule has 1 atom stereocenters. The van der Waals surface area contributed by atoms with Crippen molar-refractivity contribution in [2.45, 2.75) is 44.7 Å². The van der Waals surface area contributed by atoms with Gasteiger partial charge >= 0.3 is 0 Å². The van der Waals surface area contributed by atoms with E-state index in [1.54, 1.807) is 0 Å². The Labute approximate surface area is 115 Å². The normalized spacial score (nSPS) is 31.7. The summed E-state index contributed by atoms with van der Waals surface area (Å²) in [6, 6.07) is 10.4. The molecule has 2 fully saturated rings. The highest BCUT2D eigenvalue weighted by Crippen LogP contribution is 2.30. The van der Waals surface area contributed by atoms with Crippen LogP contribution in [0.5, 0.6) is 0 Å². The summed E-state index contributed by atoms with van der Waals surface area (Å²) in [6.45, 7) is 3.02. The number of hydrogen-bond donors (Lipinski definition) is 1.